The molecule has 34 heavy (non-hydrogen) atoms. The lowest BCUT2D eigenvalue weighted by Gasteiger charge is -2.13. The Labute approximate surface area is 194 Å². The Kier molecular flexibility index (Phi) is 6.58. The lowest BCUT2D eigenvalue weighted by atomic mass is 10.0. The molecule has 2 aromatic heterocycles. The average molecular weight is 465 g/mol. The van der Waals surface area contributed by atoms with Gasteiger partial charge in [-0.15, -0.1) is 10.2 Å². The summed E-state index contributed by atoms with van der Waals surface area (Å²) in [4.78, 5) is 25.4. The minimum Gasteiger partial charge on any atom is -0.497 e. The second kappa shape index (κ2) is 9.74. The van der Waals surface area contributed by atoms with Gasteiger partial charge in [0, 0.05) is 49.1 Å². The first-order chi connectivity index (χ1) is 16.4. The Hall–Kier alpha value is -4.21. The van der Waals surface area contributed by atoms with Crippen molar-refractivity contribution in [1.82, 2.24) is 19.2 Å². The molecule has 0 saturated heterocycles. The third-order valence-corrected chi connectivity index (χ3v) is 5.33. The number of nitrogens with one attached hydrogen (secondary N) is 1. The molecule has 1 N–H and O–H groups in total. The molecular formula is C24H24FN5O4. The summed E-state index contributed by atoms with van der Waals surface area (Å²) >= 11 is 0. The molecule has 0 aliphatic heterocycles. The highest BCUT2D eigenvalue weighted by Gasteiger charge is 2.17. The molecule has 2 aromatic carbocycles. The van der Waals surface area contributed by atoms with Crippen LogP contribution in [0, 0.1) is 11.7 Å². The molecule has 4 rings (SSSR count). The van der Waals surface area contributed by atoms with Crippen LogP contribution in [0.3, 0.4) is 0 Å². The van der Waals surface area contributed by atoms with E-state index in [4.69, 9.17) is 9.47 Å². The Morgan fingerprint density at radius 1 is 1.09 bits per heavy atom. The number of ether oxygens (including phenoxy) is 2. The fourth-order valence-corrected chi connectivity index (χ4v) is 3.70. The zero-order valence-corrected chi connectivity index (χ0v) is 19.0. The predicted molar refractivity (Wildman–Crippen MR) is 124 cm³/mol. The van der Waals surface area contributed by atoms with Gasteiger partial charge in [0.2, 0.25) is 11.6 Å². The first-order valence-electron chi connectivity index (χ1n) is 10.6. The molecule has 0 bridgehead atoms. The summed E-state index contributed by atoms with van der Waals surface area (Å²) in [5.74, 6) is 1.01. The first kappa shape index (κ1) is 23.0. The van der Waals surface area contributed by atoms with Gasteiger partial charge in [0.1, 0.15) is 23.1 Å². The molecular weight excluding hydrogens is 441 g/mol. The van der Waals surface area contributed by atoms with Crippen LogP contribution in [0.25, 0.3) is 11.3 Å². The Bertz CT molecular complexity index is 1380. The van der Waals surface area contributed by atoms with Gasteiger partial charge in [0.25, 0.3) is 0 Å². The summed E-state index contributed by atoms with van der Waals surface area (Å²) < 4.78 is 26.9. The summed E-state index contributed by atoms with van der Waals surface area (Å²) in [7, 11) is 3.08. The maximum atomic E-state index is 13.6. The van der Waals surface area contributed by atoms with Crippen LogP contribution in [-0.2, 0) is 11.2 Å². The van der Waals surface area contributed by atoms with Gasteiger partial charge < -0.3 is 14.8 Å². The fraction of sp³-hybridized carbons (Fsp3) is 0.250. The zero-order valence-electron chi connectivity index (χ0n) is 19.0. The molecule has 0 fully saturated rings. The fourth-order valence-electron chi connectivity index (χ4n) is 3.70. The van der Waals surface area contributed by atoms with Gasteiger partial charge in [0.05, 0.1) is 19.9 Å². The van der Waals surface area contributed by atoms with Crippen molar-refractivity contribution in [1.29, 1.82) is 0 Å². The van der Waals surface area contributed by atoms with Gasteiger partial charge in [-0.25, -0.2) is 4.39 Å². The Morgan fingerprint density at radius 3 is 2.50 bits per heavy atom. The molecule has 0 radical (unpaired) electrons. The van der Waals surface area contributed by atoms with Crippen molar-refractivity contribution in [2.45, 2.75) is 19.8 Å². The van der Waals surface area contributed by atoms with Gasteiger partial charge in [-0.1, -0.05) is 13.0 Å². The molecule has 0 aliphatic rings. The van der Waals surface area contributed by atoms with Gasteiger partial charge in [0.15, 0.2) is 0 Å². The van der Waals surface area contributed by atoms with Crippen molar-refractivity contribution in [2.24, 2.45) is 5.92 Å². The van der Waals surface area contributed by atoms with Crippen LogP contribution in [0.2, 0.25) is 0 Å². The molecule has 4 aromatic rings. The van der Waals surface area contributed by atoms with E-state index in [0.29, 0.717) is 35.1 Å². The van der Waals surface area contributed by atoms with E-state index in [0.717, 1.165) is 0 Å². The Balaban J connectivity index is 1.47. The molecule has 1 unspecified atom stereocenters. The molecule has 1 amide bonds. The van der Waals surface area contributed by atoms with Gasteiger partial charge in [-0.2, -0.15) is 0 Å². The number of methoxy groups -OCH3 is 2. The monoisotopic (exact) mass is 465 g/mol. The lowest BCUT2D eigenvalue weighted by Crippen LogP contribution is -2.21. The second-order valence-corrected chi connectivity index (χ2v) is 7.93. The number of hydrogen-bond donors (Lipinski definition) is 1. The zero-order chi connectivity index (χ0) is 24.2. The van der Waals surface area contributed by atoms with Crippen molar-refractivity contribution in [2.75, 3.05) is 19.5 Å². The van der Waals surface area contributed by atoms with E-state index in [-0.39, 0.29) is 23.9 Å². The predicted octanol–water partition coefficient (Wildman–Crippen LogP) is 3.24. The normalized spacial score (nSPS) is 11.9. The summed E-state index contributed by atoms with van der Waals surface area (Å²) in [6, 6.07) is 10.9. The molecule has 1 atom stereocenters. The minimum absolute atomic E-state index is 0.0782. The SMILES string of the molecule is COc1cc(NC(=O)CC(C)Cc2nnc3c(=O)n(-c4cccc(F)c4)ccn23)cc(OC)c1. The summed E-state index contributed by atoms with van der Waals surface area (Å²) in [6.07, 6.45) is 3.87. The van der Waals surface area contributed by atoms with Crippen LogP contribution in [0.15, 0.2) is 59.7 Å². The standard InChI is InChI=1S/C24H24FN5O4/c1-15(10-22(31)26-17-12-19(33-2)14-20(13-17)34-3)9-21-27-28-23-24(32)29(7-8-30(21)23)18-6-4-5-16(25)11-18/h4-8,11-15H,9-10H2,1-3H3,(H,26,31). The van der Waals surface area contributed by atoms with E-state index >= 15 is 0 Å². The molecule has 0 saturated carbocycles. The first-order valence-corrected chi connectivity index (χ1v) is 10.6. The number of carbonyl (C=O) groups excluding carboxylic acids is 1. The van der Waals surface area contributed by atoms with E-state index in [1.165, 1.54) is 37.0 Å². The van der Waals surface area contributed by atoms with Crippen molar-refractivity contribution in [3.63, 3.8) is 0 Å². The molecule has 0 aliphatic carbocycles. The van der Waals surface area contributed by atoms with Crippen LogP contribution < -0.4 is 20.3 Å². The molecule has 176 valence electrons. The number of rotatable bonds is 8. The number of hydrogen-bond acceptors (Lipinski definition) is 6. The number of nitrogens with zero attached hydrogens (tertiary/aromatic N) is 4. The number of fused-ring (bicyclic) bond motifs is 1. The quantitative estimate of drug-likeness (QED) is 0.429. The average Bonchev–Trinajstić information content (AvgIpc) is 3.22. The van der Waals surface area contributed by atoms with Crippen molar-refractivity contribution in [3.05, 3.63) is 76.9 Å². The Morgan fingerprint density at radius 2 is 1.82 bits per heavy atom. The molecule has 9 nitrogen and oxygen atoms in total. The third-order valence-electron chi connectivity index (χ3n) is 5.33. The number of carbonyl (C=O) groups is 1. The number of anilines is 1. The van der Waals surface area contributed by atoms with Gasteiger partial charge in [-0.3, -0.25) is 18.6 Å². The highest BCUT2D eigenvalue weighted by molar-refractivity contribution is 5.91. The van der Waals surface area contributed by atoms with Crippen LogP contribution >= 0.6 is 0 Å². The second-order valence-electron chi connectivity index (χ2n) is 7.93. The number of amides is 1. The van der Waals surface area contributed by atoms with Crippen molar-refractivity contribution < 1.29 is 18.7 Å². The highest BCUT2D eigenvalue weighted by atomic mass is 19.1. The van der Waals surface area contributed by atoms with Crippen LogP contribution in [-0.4, -0.2) is 39.3 Å². The van der Waals surface area contributed by atoms with E-state index in [9.17, 15) is 14.0 Å². The maximum absolute atomic E-state index is 13.6. The largest absolute Gasteiger partial charge is 0.497 e. The highest BCUT2D eigenvalue weighted by Crippen LogP contribution is 2.26. The number of aromatic nitrogens is 4. The van der Waals surface area contributed by atoms with E-state index in [1.54, 1.807) is 41.1 Å². The summed E-state index contributed by atoms with van der Waals surface area (Å²) in [5.41, 5.74) is 0.682. The van der Waals surface area contributed by atoms with Gasteiger partial charge in [-0.05, 0) is 24.1 Å². The summed E-state index contributed by atoms with van der Waals surface area (Å²) in [5, 5.41) is 11.0. The lowest BCUT2D eigenvalue weighted by molar-refractivity contribution is -0.116. The third kappa shape index (κ3) is 4.90. The van der Waals surface area contributed by atoms with Crippen molar-refractivity contribution in [3.8, 4) is 17.2 Å². The molecule has 0 spiro atoms. The van der Waals surface area contributed by atoms with Crippen LogP contribution in [0.5, 0.6) is 11.5 Å². The molecule has 2 heterocycles. The van der Waals surface area contributed by atoms with Crippen molar-refractivity contribution >= 4 is 17.2 Å². The van der Waals surface area contributed by atoms with Crippen LogP contribution in [0.1, 0.15) is 19.2 Å². The topological polar surface area (TPSA) is 99.8 Å². The van der Waals surface area contributed by atoms with E-state index < -0.39 is 11.4 Å². The van der Waals surface area contributed by atoms with Crippen LogP contribution in [0.4, 0.5) is 10.1 Å². The van der Waals surface area contributed by atoms with Gasteiger partial charge >= 0.3 is 5.56 Å². The number of halogens is 1. The van der Waals surface area contributed by atoms with E-state index in [1.807, 2.05) is 6.92 Å². The smallest absolute Gasteiger partial charge is 0.300 e. The molecule has 10 heteroatoms. The minimum atomic E-state index is -0.439. The number of benzene rings is 2. The maximum Gasteiger partial charge on any atom is 0.300 e. The summed E-state index contributed by atoms with van der Waals surface area (Å²) in [6.45, 7) is 1.92. The van der Waals surface area contributed by atoms with E-state index in [2.05, 4.69) is 15.5 Å².